The largest absolute Gasteiger partial charge is 0.497 e. The monoisotopic (exact) mass is 556 g/mol. The molecule has 0 fully saturated rings. The molecule has 0 aliphatic rings. The third-order valence-corrected chi connectivity index (χ3v) is 7.32. The zero-order valence-electron chi connectivity index (χ0n) is 24.3. The number of aromatic nitrogens is 3. The molecule has 0 spiro atoms. The van der Waals surface area contributed by atoms with Gasteiger partial charge < -0.3 is 15.0 Å². The molecule has 42 heavy (non-hydrogen) atoms. The molecule has 0 unspecified atom stereocenters. The number of methoxy groups -OCH3 is 1. The molecule has 0 aliphatic heterocycles. The van der Waals surface area contributed by atoms with E-state index < -0.39 is 5.41 Å². The van der Waals surface area contributed by atoms with Crippen molar-refractivity contribution in [2.75, 3.05) is 24.4 Å². The summed E-state index contributed by atoms with van der Waals surface area (Å²) in [6.07, 6.45) is 5.24. The number of rotatable bonds is 8. The summed E-state index contributed by atoms with van der Waals surface area (Å²) in [4.78, 5) is 28.8. The summed E-state index contributed by atoms with van der Waals surface area (Å²) in [6, 6.07) is 23.5. The summed E-state index contributed by atoms with van der Waals surface area (Å²) in [5.74, 6) is 1.32. The first-order chi connectivity index (χ1) is 20.2. The number of nitriles is 1. The molecule has 0 atom stereocenters. The second kappa shape index (κ2) is 11.7. The normalized spacial score (nSPS) is 11.1. The van der Waals surface area contributed by atoms with Crippen molar-refractivity contribution < 1.29 is 9.53 Å². The molecule has 8 heteroatoms. The number of carbonyl (C=O) groups is 1. The van der Waals surface area contributed by atoms with E-state index in [2.05, 4.69) is 27.3 Å². The molecule has 0 radical (unpaired) electrons. The van der Waals surface area contributed by atoms with Crippen LogP contribution in [0.4, 0.5) is 11.5 Å². The molecule has 0 saturated carbocycles. The van der Waals surface area contributed by atoms with Crippen LogP contribution in [0.15, 0.2) is 85.3 Å². The van der Waals surface area contributed by atoms with Crippen molar-refractivity contribution in [1.82, 2.24) is 15.0 Å². The van der Waals surface area contributed by atoms with Gasteiger partial charge in [-0.1, -0.05) is 18.2 Å². The Morgan fingerprint density at radius 1 is 1.00 bits per heavy atom. The Bertz CT molecular complexity index is 1810. The number of nitrogens with one attached hydrogen (secondary N) is 1. The number of ether oxygens (including phenoxy) is 1. The number of nitrogens with zero attached hydrogens (tertiary/aromatic N) is 5. The molecule has 3 aromatic heterocycles. The number of carbonyl (C=O) groups excluding carboxylic acids is 1. The maximum Gasteiger partial charge on any atom is 0.274 e. The lowest BCUT2D eigenvalue weighted by atomic mass is 9.86. The maximum atomic E-state index is 13.0. The number of hydrogen-bond acceptors (Lipinski definition) is 7. The van der Waals surface area contributed by atoms with Crippen molar-refractivity contribution in [3.05, 3.63) is 108 Å². The Balaban J connectivity index is 1.35. The van der Waals surface area contributed by atoms with Crippen molar-refractivity contribution in [2.24, 2.45) is 0 Å². The summed E-state index contributed by atoms with van der Waals surface area (Å²) >= 11 is 0. The molecular formula is C34H32N6O2. The van der Waals surface area contributed by atoms with Gasteiger partial charge in [-0.15, -0.1) is 0 Å². The topological polar surface area (TPSA) is 104 Å². The zero-order valence-corrected chi connectivity index (χ0v) is 24.3. The molecule has 0 bridgehead atoms. The highest BCUT2D eigenvalue weighted by molar-refractivity contribution is 6.03. The SMILES string of the molecule is COc1ccc(CN(C)c2cc3ncc(-c4cc(NC(=O)c5cc(C(C)(C)C#N)ccn5)ccc4C)cc3cn2)cc1. The van der Waals surface area contributed by atoms with Gasteiger partial charge in [-0.3, -0.25) is 14.8 Å². The number of hydrogen-bond donors (Lipinski definition) is 1. The Morgan fingerprint density at radius 3 is 2.52 bits per heavy atom. The van der Waals surface area contributed by atoms with Gasteiger partial charge in [0.05, 0.1) is 24.1 Å². The summed E-state index contributed by atoms with van der Waals surface area (Å²) in [7, 11) is 3.67. The molecule has 0 aliphatic carbocycles. The Morgan fingerprint density at radius 2 is 1.79 bits per heavy atom. The first-order valence-corrected chi connectivity index (χ1v) is 13.6. The number of aryl methyl sites for hydroxylation is 1. The third-order valence-electron chi connectivity index (χ3n) is 7.32. The van der Waals surface area contributed by atoms with Crippen LogP contribution in [0, 0.1) is 18.3 Å². The summed E-state index contributed by atoms with van der Waals surface area (Å²) in [5, 5.41) is 13.3. The zero-order chi connectivity index (χ0) is 29.9. The lowest BCUT2D eigenvalue weighted by molar-refractivity contribution is 0.102. The fraction of sp³-hybridized carbons (Fsp3) is 0.206. The van der Waals surface area contributed by atoms with Crippen LogP contribution >= 0.6 is 0 Å². The van der Waals surface area contributed by atoms with Gasteiger partial charge in [0, 0.05) is 54.9 Å². The van der Waals surface area contributed by atoms with Gasteiger partial charge in [0.25, 0.3) is 5.91 Å². The van der Waals surface area contributed by atoms with Crippen molar-refractivity contribution in [2.45, 2.75) is 32.7 Å². The van der Waals surface area contributed by atoms with Gasteiger partial charge in [-0.2, -0.15) is 5.26 Å². The molecule has 1 amide bonds. The smallest absolute Gasteiger partial charge is 0.274 e. The van der Waals surface area contributed by atoms with E-state index >= 15 is 0 Å². The van der Waals surface area contributed by atoms with Crippen molar-refractivity contribution >= 4 is 28.3 Å². The molecule has 1 N–H and O–H groups in total. The van der Waals surface area contributed by atoms with Crippen LogP contribution < -0.4 is 15.0 Å². The van der Waals surface area contributed by atoms with E-state index in [0.717, 1.165) is 50.3 Å². The summed E-state index contributed by atoms with van der Waals surface area (Å²) in [6.45, 7) is 6.35. The van der Waals surface area contributed by atoms with Gasteiger partial charge in [0.15, 0.2) is 0 Å². The molecule has 2 aromatic carbocycles. The second-order valence-corrected chi connectivity index (χ2v) is 10.8. The second-order valence-electron chi connectivity index (χ2n) is 10.8. The van der Waals surface area contributed by atoms with Gasteiger partial charge in [0.1, 0.15) is 17.3 Å². The summed E-state index contributed by atoms with van der Waals surface area (Å²) < 4.78 is 5.25. The van der Waals surface area contributed by atoms with Crippen LogP contribution in [0.25, 0.3) is 22.0 Å². The predicted molar refractivity (Wildman–Crippen MR) is 166 cm³/mol. The number of amides is 1. The fourth-order valence-corrected chi connectivity index (χ4v) is 4.67. The third kappa shape index (κ3) is 6.06. The Labute approximate surface area is 245 Å². The van der Waals surface area contributed by atoms with Crippen LogP contribution in [0.5, 0.6) is 5.75 Å². The quantitative estimate of drug-likeness (QED) is 0.227. The van der Waals surface area contributed by atoms with E-state index in [9.17, 15) is 10.1 Å². The molecule has 5 aromatic rings. The average molecular weight is 557 g/mol. The Hall–Kier alpha value is -5.29. The molecule has 0 saturated heterocycles. The standard InChI is InChI=1S/C34H32N6O2/c1-22-6-9-27(39-33(41)31-15-26(12-13-36-31)34(2,3)21-35)16-29(22)24-14-25-19-38-32(17-30(25)37-18-24)40(4)20-23-7-10-28(42-5)11-8-23/h6-19H,20H2,1-5H3,(H,39,41). The van der Waals surface area contributed by atoms with Gasteiger partial charge in [0.2, 0.25) is 0 Å². The first kappa shape index (κ1) is 28.2. The predicted octanol–water partition coefficient (Wildman–Crippen LogP) is 6.70. The van der Waals surface area contributed by atoms with Crippen LogP contribution in [0.2, 0.25) is 0 Å². The number of pyridine rings is 3. The minimum Gasteiger partial charge on any atom is -0.497 e. The van der Waals surface area contributed by atoms with E-state index in [4.69, 9.17) is 14.7 Å². The van der Waals surface area contributed by atoms with Gasteiger partial charge in [-0.05, 0) is 85.5 Å². The van der Waals surface area contributed by atoms with Crippen LogP contribution in [-0.2, 0) is 12.0 Å². The minimum atomic E-state index is -0.723. The Kier molecular flexibility index (Phi) is 7.85. The molecule has 8 nitrogen and oxygen atoms in total. The highest BCUT2D eigenvalue weighted by Crippen LogP contribution is 2.30. The van der Waals surface area contributed by atoms with Gasteiger partial charge in [-0.25, -0.2) is 4.98 Å². The lowest BCUT2D eigenvalue weighted by Gasteiger charge is -2.19. The molecule has 5 rings (SSSR count). The van der Waals surface area contributed by atoms with E-state index in [1.54, 1.807) is 25.4 Å². The fourth-order valence-electron chi connectivity index (χ4n) is 4.67. The van der Waals surface area contributed by atoms with E-state index in [1.807, 2.05) is 88.7 Å². The summed E-state index contributed by atoms with van der Waals surface area (Å²) in [5.41, 5.74) is 5.84. The number of anilines is 2. The number of fused-ring (bicyclic) bond motifs is 1. The van der Waals surface area contributed by atoms with E-state index in [0.29, 0.717) is 12.2 Å². The lowest BCUT2D eigenvalue weighted by Crippen LogP contribution is -2.18. The van der Waals surface area contributed by atoms with Gasteiger partial charge >= 0.3 is 0 Å². The number of benzene rings is 2. The molecule has 210 valence electrons. The van der Waals surface area contributed by atoms with Crippen LogP contribution in [-0.4, -0.2) is 35.0 Å². The van der Waals surface area contributed by atoms with Crippen molar-refractivity contribution in [3.8, 4) is 22.9 Å². The van der Waals surface area contributed by atoms with E-state index in [1.165, 1.54) is 0 Å². The van der Waals surface area contributed by atoms with E-state index in [-0.39, 0.29) is 11.6 Å². The van der Waals surface area contributed by atoms with Crippen molar-refractivity contribution in [1.29, 1.82) is 5.26 Å². The highest BCUT2D eigenvalue weighted by Gasteiger charge is 2.21. The molecular weight excluding hydrogens is 524 g/mol. The minimum absolute atomic E-state index is 0.254. The first-order valence-electron chi connectivity index (χ1n) is 13.6. The molecule has 3 heterocycles. The average Bonchev–Trinajstić information content (AvgIpc) is 3.01. The van der Waals surface area contributed by atoms with Crippen LogP contribution in [0.1, 0.15) is 41.0 Å². The van der Waals surface area contributed by atoms with Crippen LogP contribution in [0.3, 0.4) is 0 Å². The highest BCUT2D eigenvalue weighted by atomic mass is 16.5. The van der Waals surface area contributed by atoms with Crippen molar-refractivity contribution in [3.63, 3.8) is 0 Å². The maximum absolute atomic E-state index is 13.0.